The van der Waals surface area contributed by atoms with E-state index >= 15 is 0 Å². The summed E-state index contributed by atoms with van der Waals surface area (Å²) in [6.07, 6.45) is -2.37. The van der Waals surface area contributed by atoms with Crippen LogP contribution in [0.1, 0.15) is 23.1 Å². The molecule has 1 rings (SSSR count). The van der Waals surface area contributed by atoms with Gasteiger partial charge in [0, 0.05) is 11.8 Å². The minimum Gasteiger partial charge on any atom is -0.327 e. The molecule has 15 heavy (non-hydrogen) atoms. The van der Waals surface area contributed by atoms with E-state index in [2.05, 4.69) is 0 Å². The molecule has 0 aliphatic carbocycles. The lowest BCUT2D eigenvalue weighted by Crippen LogP contribution is -2.15. The molecular weight excluding hydrogens is 204 g/mol. The van der Waals surface area contributed by atoms with Gasteiger partial charge in [-0.1, -0.05) is 0 Å². The highest BCUT2D eigenvalue weighted by Gasteiger charge is 2.18. The predicted octanol–water partition coefficient (Wildman–Crippen LogP) is 1.25. The summed E-state index contributed by atoms with van der Waals surface area (Å²) in [5.74, 6) is 0. The number of alkyl halides is 2. The maximum atomic E-state index is 12.5. The second-order valence-corrected chi connectivity index (χ2v) is 2.67. The Morgan fingerprint density at radius 2 is 2.13 bits per heavy atom. The Bertz CT molecular complexity index is 508. The van der Waals surface area contributed by atoms with Crippen molar-refractivity contribution < 1.29 is 8.78 Å². The number of nitrogens with zero attached hydrogens (tertiary/aromatic N) is 2. The third-order valence-corrected chi connectivity index (χ3v) is 1.84. The summed E-state index contributed by atoms with van der Waals surface area (Å²) >= 11 is 0. The minimum atomic E-state index is -2.82. The van der Waals surface area contributed by atoms with Crippen LogP contribution < -0.4 is 5.56 Å². The van der Waals surface area contributed by atoms with Crippen LogP contribution in [-0.2, 0) is 6.42 Å². The van der Waals surface area contributed by atoms with Gasteiger partial charge in [-0.2, -0.15) is 10.5 Å². The smallest absolute Gasteiger partial charge is 0.266 e. The average molecular weight is 209 g/mol. The maximum absolute atomic E-state index is 12.5. The van der Waals surface area contributed by atoms with Gasteiger partial charge in [0.2, 0.25) is 0 Å². The van der Waals surface area contributed by atoms with Crippen molar-refractivity contribution >= 4 is 0 Å². The molecule has 0 aliphatic heterocycles. The van der Waals surface area contributed by atoms with Crippen LogP contribution >= 0.6 is 0 Å². The number of halogens is 2. The first-order chi connectivity index (χ1) is 7.11. The summed E-state index contributed by atoms with van der Waals surface area (Å²) in [6.45, 7) is 0. The number of hydrogen-bond acceptors (Lipinski definition) is 3. The van der Waals surface area contributed by atoms with Crippen LogP contribution in [0.2, 0.25) is 0 Å². The SMILES string of the molecule is N#CCc1c(C(F)F)c[nH]c(=O)c1C#N. The van der Waals surface area contributed by atoms with E-state index in [9.17, 15) is 13.6 Å². The first kappa shape index (κ1) is 10.9. The molecule has 76 valence electrons. The zero-order valence-electron chi connectivity index (χ0n) is 7.42. The van der Waals surface area contributed by atoms with E-state index in [1.165, 1.54) is 6.07 Å². The van der Waals surface area contributed by atoms with Gasteiger partial charge in [-0.3, -0.25) is 4.79 Å². The molecule has 1 aromatic heterocycles. The van der Waals surface area contributed by atoms with Gasteiger partial charge in [-0.05, 0) is 5.56 Å². The standard InChI is InChI=1S/C9H5F2N3O/c10-8(11)7-4-14-9(15)6(3-13)5(7)1-2-12/h4,8H,1H2,(H,14,15). The molecule has 0 atom stereocenters. The largest absolute Gasteiger partial charge is 0.327 e. The first-order valence-corrected chi connectivity index (χ1v) is 3.91. The van der Waals surface area contributed by atoms with Gasteiger partial charge >= 0.3 is 0 Å². The topological polar surface area (TPSA) is 80.4 Å². The van der Waals surface area contributed by atoms with E-state index in [4.69, 9.17) is 10.5 Å². The molecule has 0 saturated carbocycles. The number of hydrogen-bond donors (Lipinski definition) is 1. The molecule has 0 spiro atoms. The molecule has 0 radical (unpaired) electrons. The van der Waals surface area contributed by atoms with Crippen molar-refractivity contribution in [1.29, 1.82) is 10.5 Å². The van der Waals surface area contributed by atoms with E-state index in [1.807, 2.05) is 4.98 Å². The molecule has 0 aliphatic rings. The third-order valence-electron chi connectivity index (χ3n) is 1.84. The van der Waals surface area contributed by atoms with Gasteiger partial charge in [0.1, 0.15) is 11.6 Å². The number of rotatable bonds is 2. The Kier molecular flexibility index (Phi) is 3.14. The molecule has 4 nitrogen and oxygen atoms in total. The molecule has 0 unspecified atom stereocenters. The van der Waals surface area contributed by atoms with Gasteiger partial charge in [0.05, 0.1) is 12.5 Å². The van der Waals surface area contributed by atoms with E-state index in [0.29, 0.717) is 0 Å². The van der Waals surface area contributed by atoms with Crippen LogP contribution in [0.5, 0.6) is 0 Å². The summed E-state index contributed by atoms with van der Waals surface area (Å²) in [6, 6.07) is 3.16. The van der Waals surface area contributed by atoms with Crippen molar-refractivity contribution in [2.24, 2.45) is 0 Å². The lowest BCUT2D eigenvalue weighted by molar-refractivity contribution is 0.150. The summed E-state index contributed by atoms with van der Waals surface area (Å²) < 4.78 is 24.9. The normalized spacial score (nSPS) is 9.67. The Balaban J connectivity index is 3.52. The van der Waals surface area contributed by atoms with Crippen molar-refractivity contribution in [3.8, 4) is 12.1 Å². The summed E-state index contributed by atoms with van der Waals surface area (Å²) in [5, 5.41) is 17.0. The van der Waals surface area contributed by atoms with Gasteiger partial charge in [-0.15, -0.1) is 0 Å². The lowest BCUT2D eigenvalue weighted by atomic mass is 10.0. The average Bonchev–Trinajstić information content (AvgIpc) is 2.18. The van der Waals surface area contributed by atoms with Gasteiger partial charge in [0.25, 0.3) is 12.0 Å². The Morgan fingerprint density at radius 3 is 2.60 bits per heavy atom. The highest BCUT2D eigenvalue weighted by molar-refractivity contribution is 5.42. The van der Waals surface area contributed by atoms with Crippen LogP contribution in [0.3, 0.4) is 0 Å². The van der Waals surface area contributed by atoms with Gasteiger partial charge in [-0.25, -0.2) is 8.78 Å². The lowest BCUT2D eigenvalue weighted by Gasteiger charge is -2.05. The molecule has 0 aromatic carbocycles. The minimum absolute atomic E-state index is 0.196. The maximum Gasteiger partial charge on any atom is 0.266 e. The Labute approximate surface area is 83.4 Å². The van der Waals surface area contributed by atoms with Gasteiger partial charge < -0.3 is 4.98 Å². The number of H-pyrrole nitrogens is 1. The zero-order valence-corrected chi connectivity index (χ0v) is 7.42. The second kappa shape index (κ2) is 4.34. The Hall–Kier alpha value is -2.21. The molecule has 1 N–H and O–H groups in total. The molecule has 0 fully saturated rings. The predicted molar refractivity (Wildman–Crippen MR) is 46.1 cm³/mol. The van der Waals surface area contributed by atoms with Crippen molar-refractivity contribution in [3.63, 3.8) is 0 Å². The summed E-state index contributed by atoms with van der Waals surface area (Å²) in [7, 11) is 0. The highest BCUT2D eigenvalue weighted by atomic mass is 19.3. The van der Waals surface area contributed by atoms with Crippen LogP contribution in [0.25, 0.3) is 0 Å². The van der Waals surface area contributed by atoms with Crippen molar-refractivity contribution in [1.82, 2.24) is 4.98 Å². The van der Waals surface area contributed by atoms with Crippen molar-refractivity contribution in [2.75, 3.05) is 0 Å². The quantitative estimate of drug-likeness (QED) is 0.795. The zero-order chi connectivity index (χ0) is 11.4. The van der Waals surface area contributed by atoms with E-state index in [0.717, 1.165) is 6.20 Å². The van der Waals surface area contributed by atoms with Crippen LogP contribution in [0, 0.1) is 22.7 Å². The van der Waals surface area contributed by atoms with E-state index in [-0.39, 0.29) is 12.0 Å². The van der Waals surface area contributed by atoms with E-state index < -0.39 is 23.1 Å². The number of aromatic amines is 1. The second-order valence-electron chi connectivity index (χ2n) is 2.67. The molecule has 1 aromatic rings. The fourth-order valence-corrected chi connectivity index (χ4v) is 1.17. The van der Waals surface area contributed by atoms with Crippen molar-refractivity contribution in [3.05, 3.63) is 33.2 Å². The number of nitrogens with one attached hydrogen (secondary N) is 1. The first-order valence-electron chi connectivity index (χ1n) is 3.91. The summed E-state index contributed by atoms with van der Waals surface area (Å²) in [5.41, 5.74) is -1.85. The van der Waals surface area contributed by atoms with E-state index in [1.54, 1.807) is 6.07 Å². The third kappa shape index (κ3) is 2.00. The molecule has 0 bridgehead atoms. The molecule has 1 heterocycles. The number of pyridine rings is 1. The summed E-state index contributed by atoms with van der Waals surface area (Å²) in [4.78, 5) is 13.1. The molecule has 0 saturated heterocycles. The fraction of sp³-hybridized carbons (Fsp3) is 0.222. The van der Waals surface area contributed by atoms with Crippen LogP contribution in [0.4, 0.5) is 8.78 Å². The Morgan fingerprint density at radius 1 is 1.47 bits per heavy atom. The van der Waals surface area contributed by atoms with Gasteiger partial charge in [0.15, 0.2) is 0 Å². The molecule has 0 amide bonds. The number of nitriles is 2. The monoisotopic (exact) mass is 209 g/mol. The molecule has 6 heteroatoms. The van der Waals surface area contributed by atoms with Crippen molar-refractivity contribution in [2.45, 2.75) is 12.8 Å². The van der Waals surface area contributed by atoms with Crippen LogP contribution in [-0.4, -0.2) is 4.98 Å². The fourth-order valence-electron chi connectivity index (χ4n) is 1.17. The van der Waals surface area contributed by atoms with Crippen LogP contribution in [0.15, 0.2) is 11.0 Å². The number of aromatic nitrogens is 1. The molecular formula is C9H5F2N3O. The highest BCUT2D eigenvalue weighted by Crippen LogP contribution is 2.23.